The fourth-order valence-corrected chi connectivity index (χ4v) is 4.01. The number of hydrogen-bond donors (Lipinski definition) is 0. The molecule has 24 heavy (non-hydrogen) atoms. The van der Waals surface area contributed by atoms with Crippen molar-refractivity contribution in [2.45, 2.75) is 39.7 Å². The monoisotopic (exact) mass is 347 g/mol. The second-order valence-corrected chi connectivity index (χ2v) is 7.75. The van der Waals surface area contributed by atoms with Crippen molar-refractivity contribution >= 4 is 22.4 Å². The lowest BCUT2D eigenvalue weighted by Crippen LogP contribution is -2.45. The highest BCUT2D eigenvalue weighted by atomic mass is 32.1. The number of rotatable bonds is 3. The average Bonchev–Trinajstić information content (AvgIpc) is 3.09. The third kappa shape index (κ3) is 3.17. The Bertz CT molecular complexity index is 703. The van der Waals surface area contributed by atoms with Gasteiger partial charge in [0, 0.05) is 43.8 Å². The van der Waals surface area contributed by atoms with Crippen LogP contribution in [-0.2, 0) is 7.05 Å². The van der Waals surface area contributed by atoms with Crippen molar-refractivity contribution in [3.05, 3.63) is 28.0 Å². The molecule has 3 heterocycles. The summed E-state index contributed by atoms with van der Waals surface area (Å²) in [4.78, 5) is 22.8. The van der Waals surface area contributed by atoms with Crippen LogP contribution in [0.5, 0.6) is 0 Å². The third-order valence-electron chi connectivity index (χ3n) is 4.95. The third-order valence-corrected chi connectivity index (χ3v) is 6.09. The summed E-state index contributed by atoms with van der Waals surface area (Å²) < 4.78 is 1.75. The summed E-state index contributed by atoms with van der Waals surface area (Å²) in [6.45, 7) is 8.01. The lowest BCUT2D eigenvalue weighted by Gasteiger charge is -2.36. The van der Waals surface area contributed by atoms with Crippen LogP contribution in [0.3, 0.4) is 0 Å². The van der Waals surface area contributed by atoms with Crippen LogP contribution < -0.4 is 4.90 Å². The normalized spacial score (nSPS) is 15.8. The number of hydrogen-bond acceptors (Lipinski definition) is 5. The van der Waals surface area contributed by atoms with Crippen molar-refractivity contribution in [2.75, 3.05) is 25.0 Å². The summed E-state index contributed by atoms with van der Waals surface area (Å²) in [6, 6.07) is 2.12. The molecular weight excluding hydrogens is 322 g/mol. The van der Waals surface area contributed by atoms with Gasteiger partial charge in [-0.3, -0.25) is 9.48 Å². The van der Waals surface area contributed by atoms with Gasteiger partial charge in [-0.15, -0.1) is 11.3 Å². The number of nitrogens with zero attached hydrogens (tertiary/aromatic N) is 5. The fourth-order valence-electron chi connectivity index (χ4n) is 3.05. The lowest BCUT2D eigenvalue weighted by atomic mass is 10.0. The fraction of sp³-hybridized carbons (Fsp3) is 0.588. The number of carbonyl (C=O) groups excluding carboxylic acids is 1. The summed E-state index contributed by atoms with van der Waals surface area (Å²) >= 11 is 1.76. The molecule has 0 radical (unpaired) electrons. The molecule has 0 unspecified atom stereocenters. The van der Waals surface area contributed by atoms with Crippen LogP contribution >= 0.6 is 11.3 Å². The van der Waals surface area contributed by atoms with Crippen LogP contribution in [0.1, 0.15) is 39.6 Å². The van der Waals surface area contributed by atoms with Gasteiger partial charge in [-0.2, -0.15) is 5.10 Å². The van der Waals surface area contributed by atoms with E-state index in [1.165, 1.54) is 4.88 Å². The number of piperidine rings is 1. The van der Waals surface area contributed by atoms with Crippen molar-refractivity contribution in [1.82, 2.24) is 19.7 Å². The summed E-state index contributed by atoms with van der Waals surface area (Å²) in [5.74, 6) is 0.0121. The smallest absolute Gasteiger partial charge is 0.274 e. The summed E-state index contributed by atoms with van der Waals surface area (Å²) in [7, 11) is 3.76. The SMILES string of the molecule is Cc1nc(N2CCC(N(C)C(=O)c3cc(C)n(C)n3)CC2)sc1C. The summed E-state index contributed by atoms with van der Waals surface area (Å²) in [5.41, 5.74) is 2.65. The molecule has 0 aromatic carbocycles. The Morgan fingerprint density at radius 1 is 1.29 bits per heavy atom. The van der Waals surface area contributed by atoms with Crippen molar-refractivity contribution < 1.29 is 4.79 Å². The van der Waals surface area contributed by atoms with Crippen LogP contribution in [-0.4, -0.2) is 51.8 Å². The standard InChI is InChI=1S/C17H25N5OS/c1-11-10-15(19-21(11)5)16(23)20(4)14-6-8-22(9-7-14)17-18-12(2)13(3)24-17/h10,14H,6-9H2,1-5H3. The van der Waals surface area contributed by atoms with E-state index in [2.05, 4.69) is 28.8 Å². The molecule has 2 aromatic heterocycles. The number of thiazole rings is 1. The van der Waals surface area contributed by atoms with E-state index < -0.39 is 0 Å². The molecule has 0 spiro atoms. The average molecular weight is 347 g/mol. The molecule has 0 saturated carbocycles. The molecule has 130 valence electrons. The van der Waals surface area contributed by atoms with Gasteiger partial charge in [0.1, 0.15) is 0 Å². The molecule has 1 fully saturated rings. The highest BCUT2D eigenvalue weighted by Crippen LogP contribution is 2.28. The van der Waals surface area contributed by atoms with Gasteiger partial charge in [-0.1, -0.05) is 0 Å². The van der Waals surface area contributed by atoms with E-state index in [0.29, 0.717) is 5.69 Å². The highest BCUT2D eigenvalue weighted by Gasteiger charge is 2.28. The minimum Gasteiger partial charge on any atom is -0.348 e. The van der Waals surface area contributed by atoms with Crippen molar-refractivity contribution in [3.63, 3.8) is 0 Å². The minimum absolute atomic E-state index is 0.0121. The van der Waals surface area contributed by atoms with E-state index in [9.17, 15) is 4.79 Å². The zero-order valence-electron chi connectivity index (χ0n) is 15.0. The molecule has 1 saturated heterocycles. The molecule has 1 amide bonds. The van der Waals surface area contributed by atoms with E-state index in [1.54, 1.807) is 16.0 Å². The maximum absolute atomic E-state index is 12.6. The lowest BCUT2D eigenvalue weighted by molar-refractivity contribution is 0.0702. The molecule has 0 aliphatic carbocycles. The van der Waals surface area contributed by atoms with Gasteiger partial charge in [-0.25, -0.2) is 4.98 Å². The van der Waals surface area contributed by atoms with E-state index in [-0.39, 0.29) is 11.9 Å². The molecule has 0 N–H and O–H groups in total. The number of aromatic nitrogens is 3. The molecule has 1 aliphatic rings. The quantitative estimate of drug-likeness (QED) is 0.856. The van der Waals surface area contributed by atoms with Crippen LogP contribution in [0.15, 0.2) is 6.07 Å². The predicted molar refractivity (Wildman–Crippen MR) is 96.9 cm³/mol. The van der Waals surface area contributed by atoms with Crippen LogP contribution in [0.2, 0.25) is 0 Å². The summed E-state index contributed by atoms with van der Waals surface area (Å²) in [6.07, 6.45) is 1.93. The van der Waals surface area contributed by atoms with Crippen molar-refractivity contribution in [2.24, 2.45) is 7.05 Å². The zero-order valence-corrected chi connectivity index (χ0v) is 15.9. The van der Waals surface area contributed by atoms with Crippen LogP contribution in [0.4, 0.5) is 5.13 Å². The number of carbonyl (C=O) groups is 1. The Labute approximate surface area is 147 Å². The maximum atomic E-state index is 12.6. The van der Waals surface area contributed by atoms with E-state index in [4.69, 9.17) is 0 Å². The van der Waals surface area contributed by atoms with E-state index in [0.717, 1.165) is 42.5 Å². The second kappa shape index (κ2) is 6.55. The van der Waals surface area contributed by atoms with Gasteiger partial charge >= 0.3 is 0 Å². The van der Waals surface area contributed by atoms with Gasteiger partial charge in [0.2, 0.25) is 0 Å². The Hall–Kier alpha value is -1.89. The molecule has 0 atom stereocenters. The van der Waals surface area contributed by atoms with Gasteiger partial charge < -0.3 is 9.80 Å². The molecule has 7 heteroatoms. The first-order valence-electron chi connectivity index (χ1n) is 8.33. The topological polar surface area (TPSA) is 54.3 Å². The predicted octanol–water partition coefficient (Wildman–Crippen LogP) is 2.54. The first-order valence-corrected chi connectivity index (χ1v) is 9.15. The minimum atomic E-state index is 0.0121. The molecular formula is C17H25N5OS. The van der Waals surface area contributed by atoms with Gasteiger partial charge in [0.25, 0.3) is 5.91 Å². The second-order valence-electron chi connectivity index (χ2n) is 6.57. The Morgan fingerprint density at radius 2 is 1.96 bits per heavy atom. The Kier molecular flexibility index (Phi) is 4.62. The molecule has 2 aromatic rings. The molecule has 6 nitrogen and oxygen atoms in total. The van der Waals surface area contributed by atoms with Gasteiger partial charge in [0.05, 0.1) is 5.69 Å². The zero-order chi connectivity index (χ0) is 17.4. The molecule has 1 aliphatic heterocycles. The number of amides is 1. The summed E-state index contributed by atoms with van der Waals surface area (Å²) in [5, 5.41) is 5.42. The van der Waals surface area contributed by atoms with Gasteiger partial charge in [-0.05, 0) is 39.7 Å². The maximum Gasteiger partial charge on any atom is 0.274 e. The first-order chi connectivity index (χ1) is 11.4. The molecule has 3 rings (SSSR count). The Morgan fingerprint density at radius 3 is 2.46 bits per heavy atom. The highest BCUT2D eigenvalue weighted by molar-refractivity contribution is 7.15. The van der Waals surface area contributed by atoms with Crippen molar-refractivity contribution in [3.8, 4) is 0 Å². The Balaban J connectivity index is 1.62. The largest absolute Gasteiger partial charge is 0.348 e. The van der Waals surface area contributed by atoms with Crippen molar-refractivity contribution in [1.29, 1.82) is 0 Å². The van der Waals surface area contributed by atoms with Crippen LogP contribution in [0, 0.1) is 20.8 Å². The number of aryl methyl sites for hydroxylation is 4. The van der Waals surface area contributed by atoms with Gasteiger partial charge in [0.15, 0.2) is 10.8 Å². The number of anilines is 1. The first kappa shape index (κ1) is 17.0. The van der Waals surface area contributed by atoms with Crippen LogP contribution in [0.25, 0.3) is 0 Å². The van der Waals surface area contributed by atoms with E-state index in [1.807, 2.05) is 32.0 Å². The molecule has 0 bridgehead atoms. The van der Waals surface area contributed by atoms with E-state index >= 15 is 0 Å².